The molecule has 0 saturated heterocycles. The van der Waals surface area contributed by atoms with Crippen molar-refractivity contribution in [1.29, 1.82) is 0 Å². The number of nitrogens with one attached hydrogen (secondary N) is 3. The molecule has 3 rings (SSSR count). The zero-order chi connectivity index (χ0) is 30.9. The highest BCUT2D eigenvalue weighted by molar-refractivity contribution is 7.46. The third kappa shape index (κ3) is 10.2. The van der Waals surface area contributed by atoms with Crippen molar-refractivity contribution in [2.75, 3.05) is 5.32 Å². The Morgan fingerprint density at radius 2 is 1.60 bits per heavy atom. The molecule has 220 valence electrons. The van der Waals surface area contributed by atoms with Gasteiger partial charge in [-0.05, 0) is 54.7 Å². The third-order valence-electron chi connectivity index (χ3n) is 6.09. The van der Waals surface area contributed by atoms with E-state index in [2.05, 4.69) is 25.3 Å². The average Bonchev–Trinajstić information content (AvgIpc) is 2.92. The highest BCUT2D eigenvalue weighted by Gasteiger charge is 2.28. The first-order chi connectivity index (χ1) is 19.8. The molecule has 0 aliphatic rings. The largest absolute Gasteiger partial charge is 0.524 e. The minimum Gasteiger partial charge on any atom is -0.404 e. The van der Waals surface area contributed by atoms with Gasteiger partial charge in [-0.1, -0.05) is 62.4 Å². The Kier molecular flexibility index (Phi) is 11.0. The summed E-state index contributed by atoms with van der Waals surface area (Å²) in [6.07, 6.45) is 0.346. The molecule has 0 radical (unpaired) electrons. The maximum atomic E-state index is 13.6. The van der Waals surface area contributed by atoms with Crippen molar-refractivity contribution in [3.63, 3.8) is 0 Å². The molecule has 12 heteroatoms. The van der Waals surface area contributed by atoms with Gasteiger partial charge in [0.25, 0.3) is 5.91 Å². The number of hydrogen-bond acceptors (Lipinski definition) is 5. The van der Waals surface area contributed by atoms with Crippen LogP contribution in [0.25, 0.3) is 4.85 Å². The summed E-state index contributed by atoms with van der Waals surface area (Å²) in [5.41, 5.74) is 2.70. The molecule has 2 atom stereocenters. The van der Waals surface area contributed by atoms with E-state index in [9.17, 15) is 18.9 Å². The van der Waals surface area contributed by atoms with E-state index in [0.29, 0.717) is 23.4 Å². The molecule has 3 amide bonds. The normalized spacial score (nSPS) is 12.5. The number of benzene rings is 3. The van der Waals surface area contributed by atoms with Gasteiger partial charge in [-0.15, -0.1) is 0 Å². The van der Waals surface area contributed by atoms with Crippen LogP contribution in [0.15, 0.2) is 72.8 Å². The molecule has 5 N–H and O–H groups in total. The van der Waals surface area contributed by atoms with Crippen LogP contribution in [-0.4, -0.2) is 39.6 Å². The summed E-state index contributed by atoms with van der Waals surface area (Å²) in [5, 5.41) is 8.34. The Morgan fingerprint density at radius 1 is 0.929 bits per heavy atom. The molecule has 42 heavy (non-hydrogen) atoms. The number of hydrogen-bond donors (Lipinski definition) is 5. The fourth-order valence-corrected chi connectivity index (χ4v) is 4.52. The highest BCUT2D eigenvalue weighted by atomic mass is 31.2. The van der Waals surface area contributed by atoms with E-state index in [1.165, 1.54) is 48.5 Å². The van der Waals surface area contributed by atoms with Crippen LogP contribution in [0.1, 0.15) is 41.8 Å². The van der Waals surface area contributed by atoms with Crippen LogP contribution in [0.4, 0.5) is 11.4 Å². The topological polar surface area (TPSA) is 158 Å². The van der Waals surface area contributed by atoms with Crippen LogP contribution < -0.4 is 20.5 Å². The number of amides is 3. The Labute approximate surface area is 244 Å². The second-order valence-electron chi connectivity index (χ2n) is 10.2. The molecular weight excluding hydrogens is 559 g/mol. The smallest absolute Gasteiger partial charge is 0.404 e. The molecule has 0 spiro atoms. The lowest BCUT2D eigenvalue weighted by atomic mass is 10.0. The van der Waals surface area contributed by atoms with Crippen LogP contribution in [0.5, 0.6) is 5.75 Å². The van der Waals surface area contributed by atoms with Gasteiger partial charge in [-0.25, -0.2) is 9.41 Å². The van der Waals surface area contributed by atoms with Gasteiger partial charge in [-0.3, -0.25) is 24.2 Å². The van der Waals surface area contributed by atoms with Gasteiger partial charge in [0.1, 0.15) is 17.8 Å². The van der Waals surface area contributed by atoms with Gasteiger partial charge in [0.2, 0.25) is 11.8 Å². The van der Waals surface area contributed by atoms with Crippen molar-refractivity contribution in [3.05, 3.63) is 101 Å². The first kappa shape index (κ1) is 32.0. The van der Waals surface area contributed by atoms with Gasteiger partial charge in [0.15, 0.2) is 5.69 Å². The second kappa shape index (κ2) is 14.4. The molecule has 0 heterocycles. The zero-order valence-corrected chi connectivity index (χ0v) is 24.3. The van der Waals surface area contributed by atoms with Crippen LogP contribution in [0, 0.1) is 19.4 Å². The number of phosphoric acid groups is 1. The van der Waals surface area contributed by atoms with E-state index in [-0.39, 0.29) is 23.7 Å². The Morgan fingerprint density at radius 3 is 2.17 bits per heavy atom. The molecule has 0 saturated carbocycles. The standard InChI is InChI=1S/C30H33N4O7P/c1-19(2)16-26(29(36)32-24-7-5-6-20(3)17-24)34-30(37)27(33-28(35)22-10-12-23(31-4)13-11-22)18-21-8-14-25(15-9-21)41-42(38,39)40/h5-15,17,19,26-27H,16,18H2,1-3H3,(H,32,36)(H,33,35)(H,34,37)(H2,38,39,40). The quantitative estimate of drug-likeness (QED) is 0.153. The molecular formula is C30H33N4O7P. The van der Waals surface area contributed by atoms with Gasteiger partial charge in [0.05, 0.1) is 6.57 Å². The Balaban J connectivity index is 1.84. The van der Waals surface area contributed by atoms with E-state index in [1.54, 1.807) is 6.07 Å². The summed E-state index contributed by atoms with van der Waals surface area (Å²) in [4.78, 5) is 61.3. The summed E-state index contributed by atoms with van der Waals surface area (Å²) in [7, 11) is -4.75. The molecule has 0 aliphatic heterocycles. The van der Waals surface area contributed by atoms with Crippen molar-refractivity contribution in [2.24, 2.45) is 5.92 Å². The molecule has 2 unspecified atom stereocenters. The second-order valence-corrected chi connectivity index (χ2v) is 11.3. The highest BCUT2D eigenvalue weighted by Crippen LogP contribution is 2.37. The summed E-state index contributed by atoms with van der Waals surface area (Å²) < 4.78 is 15.7. The number of carbonyl (C=O) groups excluding carboxylic acids is 3. The number of carbonyl (C=O) groups is 3. The van der Waals surface area contributed by atoms with Crippen LogP contribution in [0.2, 0.25) is 0 Å². The maximum Gasteiger partial charge on any atom is 0.524 e. The molecule has 3 aromatic carbocycles. The summed E-state index contributed by atoms with van der Waals surface area (Å²) in [6, 6.07) is 16.9. The van der Waals surface area contributed by atoms with Gasteiger partial charge in [0, 0.05) is 17.7 Å². The van der Waals surface area contributed by atoms with E-state index in [1.807, 2.05) is 39.0 Å². The van der Waals surface area contributed by atoms with Crippen LogP contribution >= 0.6 is 7.82 Å². The van der Waals surface area contributed by atoms with Crippen molar-refractivity contribution >= 4 is 36.9 Å². The maximum absolute atomic E-state index is 13.6. The zero-order valence-electron chi connectivity index (χ0n) is 23.4. The fraction of sp³-hybridized carbons (Fsp3) is 0.267. The molecule has 0 bridgehead atoms. The van der Waals surface area contributed by atoms with Crippen molar-refractivity contribution < 1.29 is 33.3 Å². The minimum absolute atomic E-state index is 0.00178. The summed E-state index contributed by atoms with van der Waals surface area (Å²) >= 11 is 0. The predicted molar refractivity (Wildman–Crippen MR) is 158 cm³/mol. The van der Waals surface area contributed by atoms with Crippen molar-refractivity contribution in [1.82, 2.24) is 10.6 Å². The lowest BCUT2D eigenvalue weighted by Crippen LogP contribution is -2.53. The third-order valence-corrected chi connectivity index (χ3v) is 6.54. The lowest BCUT2D eigenvalue weighted by Gasteiger charge is -2.24. The molecule has 3 aromatic rings. The average molecular weight is 593 g/mol. The molecule has 0 aromatic heterocycles. The van der Waals surface area contributed by atoms with Crippen molar-refractivity contribution in [3.8, 4) is 5.75 Å². The molecule has 0 aliphatic carbocycles. The number of anilines is 1. The number of rotatable bonds is 12. The van der Waals surface area contributed by atoms with Gasteiger partial charge >= 0.3 is 7.82 Å². The fourth-order valence-electron chi connectivity index (χ4n) is 4.13. The van der Waals surface area contributed by atoms with Gasteiger partial charge < -0.3 is 20.5 Å². The van der Waals surface area contributed by atoms with Crippen LogP contribution in [-0.2, 0) is 20.6 Å². The number of phosphoric ester groups is 1. The Bertz CT molecular complexity index is 1500. The van der Waals surface area contributed by atoms with Gasteiger partial charge in [-0.2, -0.15) is 0 Å². The van der Waals surface area contributed by atoms with Crippen LogP contribution in [0.3, 0.4) is 0 Å². The summed E-state index contributed by atoms with van der Waals surface area (Å²) in [5.74, 6) is -1.56. The number of aryl methyl sites for hydroxylation is 1. The van der Waals surface area contributed by atoms with Crippen molar-refractivity contribution in [2.45, 2.75) is 45.7 Å². The molecule has 11 nitrogen and oxygen atoms in total. The van der Waals surface area contributed by atoms with E-state index < -0.39 is 37.6 Å². The van der Waals surface area contributed by atoms with E-state index >= 15 is 0 Å². The lowest BCUT2D eigenvalue weighted by molar-refractivity contribution is -0.128. The van der Waals surface area contributed by atoms with E-state index in [0.717, 1.165) is 5.56 Å². The van der Waals surface area contributed by atoms with E-state index in [4.69, 9.17) is 16.4 Å². The predicted octanol–water partition coefficient (Wildman–Crippen LogP) is 4.53. The first-order valence-electron chi connectivity index (χ1n) is 13.1. The Hall–Kier alpha value is -4.49. The minimum atomic E-state index is -4.75. The first-order valence-corrected chi connectivity index (χ1v) is 14.7. The monoisotopic (exact) mass is 592 g/mol. The summed E-state index contributed by atoms with van der Waals surface area (Å²) in [6.45, 7) is 12.8. The number of nitrogens with zero attached hydrogens (tertiary/aromatic N) is 1. The SMILES string of the molecule is [C-]#[N+]c1ccc(C(=O)NC(Cc2ccc(OP(=O)(O)O)cc2)C(=O)NC(CC(C)C)C(=O)Nc2cccc(C)c2)cc1. The molecule has 0 fully saturated rings.